The van der Waals surface area contributed by atoms with Crippen molar-refractivity contribution in [3.63, 3.8) is 0 Å². The summed E-state index contributed by atoms with van der Waals surface area (Å²) >= 11 is 8.10. The Morgan fingerprint density at radius 1 is 1.50 bits per heavy atom. The van der Waals surface area contributed by atoms with Crippen molar-refractivity contribution in [2.75, 3.05) is 6.61 Å². The number of pyridine rings is 1. The van der Waals surface area contributed by atoms with Crippen LogP contribution in [0.2, 0.25) is 5.02 Å². The average molecular weight is 378 g/mol. The first kappa shape index (κ1) is 13.4. The van der Waals surface area contributed by atoms with Crippen LogP contribution in [0.4, 0.5) is 0 Å². The number of carbonyl (C=O) groups is 1. The van der Waals surface area contributed by atoms with Crippen LogP contribution >= 0.6 is 34.2 Å². The zero-order chi connectivity index (χ0) is 13.3. The molecule has 4 nitrogen and oxygen atoms in total. The van der Waals surface area contributed by atoms with Gasteiger partial charge in [-0.2, -0.15) is 0 Å². The molecule has 94 valence electrons. The Kier molecular flexibility index (Phi) is 3.91. The monoisotopic (exact) mass is 377 g/mol. The molecular formula is C12H9ClINO3. The summed E-state index contributed by atoms with van der Waals surface area (Å²) in [6, 6.07) is 3.42. The molecule has 0 saturated carbocycles. The molecule has 0 spiro atoms. The zero-order valence-corrected chi connectivity index (χ0v) is 12.3. The van der Waals surface area contributed by atoms with Crippen LogP contribution in [0.25, 0.3) is 10.9 Å². The summed E-state index contributed by atoms with van der Waals surface area (Å²) in [6.07, 6.45) is 1.33. The largest absolute Gasteiger partial charge is 0.462 e. The number of hydrogen-bond donors (Lipinski definition) is 1. The second-order valence-corrected chi connectivity index (χ2v) is 5.21. The summed E-state index contributed by atoms with van der Waals surface area (Å²) in [6.45, 7) is 1.91. The van der Waals surface area contributed by atoms with Crippen LogP contribution in [0, 0.1) is 3.57 Å². The normalized spacial score (nSPS) is 10.6. The number of carbonyl (C=O) groups excluding carboxylic acids is 1. The maximum Gasteiger partial charge on any atom is 0.343 e. The van der Waals surface area contributed by atoms with E-state index in [2.05, 4.69) is 27.6 Å². The van der Waals surface area contributed by atoms with Gasteiger partial charge in [0.1, 0.15) is 5.56 Å². The lowest BCUT2D eigenvalue weighted by Crippen LogP contribution is -2.18. The van der Waals surface area contributed by atoms with Crippen molar-refractivity contribution in [3.8, 4) is 0 Å². The minimum absolute atomic E-state index is 0.0117. The number of hydrogen-bond acceptors (Lipinski definition) is 3. The fourth-order valence-electron chi connectivity index (χ4n) is 1.61. The minimum atomic E-state index is -0.629. The predicted molar refractivity (Wildman–Crippen MR) is 78.3 cm³/mol. The molecule has 0 atom stereocenters. The lowest BCUT2D eigenvalue weighted by Gasteiger charge is -2.05. The van der Waals surface area contributed by atoms with E-state index in [-0.39, 0.29) is 17.6 Å². The highest BCUT2D eigenvalue weighted by molar-refractivity contribution is 14.1. The van der Waals surface area contributed by atoms with Gasteiger partial charge in [-0.25, -0.2) is 4.79 Å². The number of H-pyrrole nitrogens is 1. The van der Waals surface area contributed by atoms with Crippen molar-refractivity contribution in [3.05, 3.63) is 42.7 Å². The van der Waals surface area contributed by atoms with Gasteiger partial charge >= 0.3 is 5.97 Å². The predicted octanol–water partition coefficient (Wildman–Crippen LogP) is 2.96. The minimum Gasteiger partial charge on any atom is -0.462 e. The van der Waals surface area contributed by atoms with Crippen molar-refractivity contribution >= 4 is 51.1 Å². The molecule has 0 saturated heterocycles. The fraction of sp³-hybridized carbons (Fsp3) is 0.167. The van der Waals surface area contributed by atoms with Gasteiger partial charge in [0.25, 0.3) is 0 Å². The molecule has 1 aromatic heterocycles. The molecule has 0 aliphatic carbocycles. The van der Waals surface area contributed by atoms with Crippen LogP contribution < -0.4 is 5.43 Å². The number of nitrogens with one attached hydrogen (secondary N) is 1. The van der Waals surface area contributed by atoms with E-state index in [1.165, 1.54) is 6.20 Å². The van der Waals surface area contributed by atoms with Gasteiger partial charge in [-0.3, -0.25) is 4.79 Å². The highest BCUT2D eigenvalue weighted by Gasteiger charge is 2.15. The van der Waals surface area contributed by atoms with Gasteiger partial charge < -0.3 is 9.72 Å². The third-order valence-electron chi connectivity index (χ3n) is 2.40. The van der Waals surface area contributed by atoms with E-state index in [1.54, 1.807) is 19.1 Å². The molecule has 0 aliphatic heterocycles. The van der Waals surface area contributed by atoms with Crippen LogP contribution in [0.1, 0.15) is 17.3 Å². The molecule has 2 aromatic rings. The second-order valence-electron chi connectivity index (χ2n) is 3.56. The highest BCUT2D eigenvalue weighted by Crippen LogP contribution is 2.22. The first-order valence-corrected chi connectivity index (χ1v) is 6.67. The smallest absolute Gasteiger partial charge is 0.343 e. The highest BCUT2D eigenvalue weighted by atomic mass is 127. The quantitative estimate of drug-likeness (QED) is 0.647. The Hall–Kier alpha value is -1.08. The summed E-state index contributed by atoms with van der Waals surface area (Å²) in [4.78, 5) is 26.6. The van der Waals surface area contributed by atoms with Crippen molar-refractivity contribution in [2.24, 2.45) is 0 Å². The standard InChI is InChI=1S/C12H9ClINO3/c1-2-18-12(17)8-5-15-10-7(11(8)16)3-6(14)4-9(10)13/h3-5H,2H2,1H3,(H,15,16). The Morgan fingerprint density at radius 3 is 2.89 bits per heavy atom. The number of rotatable bonds is 2. The summed E-state index contributed by atoms with van der Waals surface area (Å²) in [7, 11) is 0. The van der Waals surface area contributed by atoms with Gasteiger partial charge in [0.2, 0.25) is 5.43 Å². The Bertz CT molecular complexity index is 681. The molecule has 6 heteroatoms. The van der Waals surface area contributed by atoms with Crippen LogP contribution in [0.5, 0.6) is 0 Å². The molecule has 0 amide bonds. The molecule has 0 bridgehead atoms. The van der Waals surface area contributed by atoms with Crippen molar-refractivity contribution < 1.29 is 9.53 Å². The number of aromatic nitrogens is 1. The molecular weight excluding hydrogens is 368 g/mol. The zero-order valence-electron chi connectivity index (χ0n) is 9.42. The molecule has 18 heavy (non-hydrogen) atoms. The van der Waals surface area contributed by atoms with Gasteiger partial charge in [0, 0.05) is 15.2 Å². The Morgan fingerprint density at radius 2 is 2.22 bits per heavy atom. The molecule has 1 heterocycles. The van der Waals surface area contributed by atoms with Crippen molar-refractivity contribution in [1.82, 2.24) is 4.98 Å². The van der Waals surface area contributed by atoms with Crippen LogP contribution in [0.15, 0.2) is 23.1 Å². The van der Waals surface area contributed by atoms with Crippen LogP contribution in [-0.2, 0) is 4.74 Å². The molecule has 1 aromatic carbocycles. The van der Waals surface area contributed by atoms with E-state index < -0.39 is 5.97 Å². The molecule has 2 rings (SSSR count). The molecule has 0 aliphatic rings. The number of fused-ring (bicyclic) bond motifs is 1. The van der Waals surface area contributed by atoms with E-state index in [4.69, 9.17) is 16.3 Å². The van der Waals surface area contributed by atoms with Gasteiger partial charge in [-0.1, -0.05) is 11.6 Å². The third-order valence-corrected chi connectivity index (χ3v) is 3.32. The van der Waals surface area contributed by atoms with E-state index in [9.17, 15) is 9.59 Å². The van der Waals surface area contributed by atoms with E-state index in [1.807, 2.05) is 0 Å². The Balaban J connectivity index is 2.71. The van der Waals surface area contributed by atoms with Gasteiger partial charge in [-0.05, 0) is 41.6 Å². The molecule has 0 radical (unpaired) electrons. The summed E-state index contributed by atoms with van der Waals surface area (Å²) < 4.78 is 5.65. The van der Waals surface area contributed by atoms with Gasteiger partial charge in [-0.15, -0.1) is 0 Å². The average Bonchev–Trinajstić information content (AvgIpc) is 2.30. The molecule has 0 unspecified atom stereocenters. The van der Waals surface area contributed by atoms with E-state index >= 15 is 0 Å². The molecule has 0 fully saturated rings. The second kappa shape index (κ2) is 5.27. The van der Waals surface area contributed by atoms with Gasteiger partial charge in [0.05, 0.1) is 17.1 Å². The first-order valence-electron chi connectivity index (χ1n) is 5.22. The van der Waals surface area contributed by atoms with E-state index in [0.29, 0.717) is 15.9 Å². The number of benzene rings is 1. The lowest BCUT2D eigenvalue weighted by molar-refractivity contribution is 0.0524. The van der Waals surface area contributed by atoms with Crippen LogP contribution in [0.3, 0.4) is 0 Å². The fourth-order valence-corrected chi connectivity index (χ4v) is 2.70. The number of esters is 1. The SMILES string of the molecule is CCOC(=O)c1c[nH]c2c(Cl)cc(I)cc2c1=O. The molecule has 1 N–H and O–H groups in total. The number of aromatic amines is 1. The summed E-state index contributed by atoms with van der Waals surface area (Å²) in [5.74, 6) is -0.629. The maximum absolute atomic E-state index is 12.2. The van der Waals surface area contributed by atoms with Crippen molar-refractivity contribution in [1.29, 1.82) is 0 Å². The Labute approximate surface area is 121 Å². The number of ether oxygens (including phenoxy) is 1. The van der Waals surface area contributed by atoms with Crippen molar-refractivity contribution in [2.45, 2.75) is 6.92 Å². The first-order chi connectivity index (χ1) is 8.54. The lowest BCUT2D eigenvalue weighted by atomic mass is 10.1. The third kappa shape index (κ3) is 2.37. The topological polar surface area (TPSA) is 59.2 Å². The van der Waals surface area contributed by atoms with Crippen LogP contribution in [-0.4, -0.2) is 17.6 Å². The number of halogens is 2. The van der Waals surface area contributed by atoms with Gasteiger partial charge in [0.15, 0.2) is 0 Å². The summed E-state index contributed by atoms with van der Waals surface area (Å²) in [5, 5.41) is 0.835. The maximum atomic E-state index is 12.2. The summed E-state index contributed by atoms with van der Waals surface area (Å²) in [5.41, 5.74) is 0.139. The van der Waals surface area contributed by atoms with E-state index in [0.717, 1.165) is 3.57 Å².